The number of aryl methyl sites for hydroxylation is 1. The minimum Gasteiger partial charge on any atom is -0.367 e. The average molecular weight is 389 g/mol. The van der Waals surface area contributed by atoms with E-state index in [1.807, 2.05) is 26.4 Å². The van der Waals surface area contributed by atoms with Crippen molar-refractivity contribution in [1.29, 1.82) is 0 Å². The molecule has 0 aliphatic carbocycles. The van der Waals surface area contributed by atoms with Crippen LogP contribution in [-0.4, -0.2) is 79.2 Å². The van der Waals surface area contributed by atoms with Gasteiger partial charge in [0.2, 0.25) is 0 Å². The summed E-state index contributed by atoms with van der Waals surface area (Å²) in [5, 5.41) is 10.8. The Bertz CT molecular complexity index is 600. The largest absolute Gasteiger partial charge is 0.401 e. The number of halogens is 3. The first-order chi connectivity index (χ1) is 12.8. The Morgan fingerprint density at radius 1 is 1.44 bits per heavy atom. The number of nitrogens with one attached hydrogen (secondary N) is 2. The summed E-state index contributed by atoms with van der Waals surface area (Å²) in [6.07, 6.45) is 1.75. The SMILES string of the molecule is CCNC(=NCCN(C)CC(F)(F)F)NC1CCCN(c2cnn(C)c2)C1. The van der Waals surface area contributed by atoms with Crippen molar-refractivity contribution in [1.82, 2.24) is 25.3 Å². The van der Waals surface area contributed by atoms with Crippen molar-refractivity contribution in [3.63, 3.8) is 0 Å². The van der Waals surface area contributed by atoms with Gasteiger partial charge < -0.3 is 15.5 Å². The molecule has 1 fully saturated rings. The number of rotatable bonds is 7. The number of anilines is 1. The van der Waals surface area contributed by atoms with E-state index >= 15 is 0 Å². The van der Waals surface area contributed by atoms with Crippen LogP contribution in [0.2, 0.25) is 0 Å². The van der Waals surface area contributed by atoms with Crippen molar-refractivity contribution in [3.05, 3.63) is 12.4 Å². The Balaban J connectivity index is 1.86. The highest BCUT2D eigenvalue weighted by atomic mass is 19.4. The topological polar surface area (TPSA) is 60.7 Å². The Morgan fingerprint density at radius 2 is 2.22 bits per heavy atom. The Hall–Kier alpha value is -1.97. The minimum absolute atomic E-state index is 0.227. The zero-order valence-electron chi connectivity index (χ0n) is 16.3. The third kappa shape index (κ3) is 7.66. The van der Waals surface area contributed by atoms with Gasteiger partial charge in [0.05, 0.1) is 25.0 Å². The molecule has 7 nitrogen and oxygen atoms in total. The second-order valence-corrected chi connectivity index (χ2v) is 6.92. The fourth-order valence-corrected chi connectivity index (χ4v) is 3.13. The average Bonchev–Trinajstić information content (AvgIpc) is 3.00. The molecule has 2 N–H and O–H groups in total. The lowest BCUT2D eigenvalue weighted by molar-refractivity contribution is -0.142. The Kier molecular flexibility index (Phi) is 7.76. The summed E-state index contributed by atoms with van der Waals surface area (Å²) in [6.45, 7) is 4.13. The molecule has 1 aromatic heterocycles. The summed E-state index contributed by atoms with van der Waals surface area (Å²) in [5.74, 6) is 0.649. The standard InChI is InChI=1S/C17H30F3N7/c1-4-21-16(22-7-9-25(2)13-17(18,19)20)24-14-6-5-8-27(11-14)15-10-23-26(3)12-15/h10,12,14H,4-9,11,13H2,1-3H3,(H2,21,22,24). The zero-order valence-corrected chi connectivity index (χ0v) is 16.3. The van der Waals surface area contributed by atoms with Crippen molar-refractivity contribution >= 4 is 11.6 Å². The summed E-state index contributed by atoms with van der Waals surface area (Å²) in [6, 6.07) is 0.227. The molecule has 0 aromatic carbocycles. The van der Waals surface area contributed by atoms with Gasteiger partial charge >= 0.3 is 6.18 Å². The first-order valence-corrected chi connectivity index (χ1v) is 9.30. The molecule has 1 aromatic rings. The molecule has 1 unspecified atom stereocenters. The molecule has 1 aliphatic heterocycles. The molecule has 0 radical (unpaired) electrons. The molecule has 27 heavy (non-hydrogen) atoms. The predicted octanol–water partition coefficient (Wildman–Crippen LogP) is 1.44. The number of guanidine groups is 1. The van der Waals surface area contributed by atoms with Gasteiger partial charge in [0.25, 0.3) is 0 Å². The smallest absolute Gasteiger partial charge is 0.367 e. The van der Waals surface area contributed by atoms with Gasteiger partial charge in [-0.1, -0.05) is 0 Å². The van der Waals surface area contributed by atoms with Crippen LogP contribution in [0.4, 0.5) is 18.9 Å². The summed E-state index contributed by atoms with van der Waals surface area (Å²) in [7, 11) is 3.35. The van der Waals surface area contributed by atoms with Crippen LogP contribution in [0.25, 0.3) is 0 Å². The van der Waals surface area contributed by atoms with Crippen LogP contribution in [0, 0.1) is 0 Å². The highest BCUT2D eigenvalue weighted by Crippen LogP contribution is 2.19. The van der Waals surface area contributed by atoms with Crippen LogP contribution in [0.15, 0.2) is 17.4 Å². The van der Waals surface area contributed by atoms with Crippen LogP contribution in [0.1, 0.15) is 19.8 Å². The summed E-state index contributed by atoms with van der Waals surface area (Å²) < 4.78 is 38.9. The molecule has 0 spiro atoms. The second kappa shape index (κ2) is 9.82. The molecule has 1 aliphatic rings. The first-order valence-electron chi connectivity index (χ1n) is 9.30. The fourth-order valence-electron chi connectivity index (χ4n) is 3.13. The molecule has 0 bridgehead atoms. The van der Waals surface area contributed by atoms with Crippen LogP contribution >= 0.6 is 0 Å². The van der Waals surface area contributed by atoms with E-state index in [1.54, 1.807) is 4.68 Å². The van der Waals surface area contributed by atoms with E-state index < -0.39 is 12.7 Å². The molecule has 0 amide bonds. The summed E-state index contributed by atoms with van der Waals surface area (Å²) in [5.41, 5.74) is 1.10. The van der Waals surface area contributed by atoms with Crippen molar-refractivity contribution in [2.45, 2.75) is 32.0 Å². The molecular weight excluding hydrogens is 359 g/mol. The number of hydrogen-bond donors (Lipinski definition) is 2. The predicted molar refractivity (Wildman–Crippen MR) is 101 cm³/mol. The van der Waals surface area contributed by atoms with E-state index in [1.165, 1.54) is 11.9 Å². The highest BCUT2D eigenvalue weighted by molar-refractivity contribution is 5.80. The number of aliphatic imine (C=N–C) groups is 1. The van der Waals surface area contributed by atoms with Gasteiger partial charge in [-0.2, -0.15) is 18.3 Å². The number of likely N-dealkylation sites (N-methyl/N-ethyl adjacent to an activating group) is 1. The maximum Gasteiger partial charge on any atom is 0.401 e. The molecule has 2 rings (SSSR count). The fraction of sp³-hybridized carbons (Fsp3) is 0.765. The highest BCUT2D eigenvalue weighted by Gasteiger charge is 2.28. The lowest BCUT2D eigenvalue weighted by Crippen LogP contribution is -2.51. The number of piperidine rings is 1. The van der Waals surface area contributed by atoms with Gasteiger partial charge in [-0.15, -0.1) is 0 Å². The third-order valence-electron chi connectivity index (χ3n) is 4.36. The number of aromatic nitrogens is 2. The van der Waals surface area contributed by atoms with Crippen LogP contribution in [0.3, 0.4) is 0 Å². The number of alkyl halides is 3. The van der Waals surface area contributed by atoms with Crippen LogP contribution in [-0.2, 0) is 7.05 Å². The van der Waals surface area contributed by atoms with Gasteiger partial charge in [-0.05, 0) is 26.8 Å². The zero-order chi connectivity index (χ0) is 19.9. The minimum atomic E-state index is -4.18. The molecule has 2 heterocycles. The molecule has 10 heteroatoms. The van der Waals surface area contributed by atoms with Crippen molar-refractivity contribution in [2.75, 3.05) is 51.2 Å². The maximum absolute atomic E-state index is 12.4. The van der Waals surface area contributed by atoms with Gasteiger partial charge in [0, 0.05) is 45.5 Å². The van der Waals surface area contributed by atoms with Crippen molar-refractivity contribution in [2.24, 2.45) is 12.0 Å². The number of nitrogens with zero attached hydrogens (tertiary/aromatic N) is 5. The maximum atomic E-state index is 12.4. The van der Waals surface area contributed by atoms with Gasteiger partial charge in [0.1, 0.15) is 0 Å². The summed E-state index contributed by atoms with van der Waals surface area (Å²) >= 11 is 0. The van der Waals surface area contributed by atoms with Gasteiger partial charge in [-0.25, -0.2) is 0 Å². The Labute approximate surface area is 158 Å². The van der Waals surface area contributed by atoms with E-state index in [-0.39, 0.29) is 12.6 Å². The van der Waals surface area contributed by atoms with Gasteiger partial charge in [0.15, 0.2) is 5.96 Å². The number of hydrogen-bond acceptors (Lipinski definition) is 4. The van der Waals surface area contributed by atoms with E-state index in [0.29, 0.717) is 19.0 Å². The lowest BCUT2D eigenvalue weighted by Gasteiger charge is -2.34. The van der Waals surface area contributed by atoms with E-state index in [9.17, 15) is 13.2 Å². The van der Waals surface area contributed by atoms with E-state index in [0.717, 1.165) is 31.6 Å². The second-order valence-electron chi connectivity index (χ2n) is 6.92. The lowest BCUT2D eigenvalue weighted by atomic mass is 10.1. The normalized spacial score (nSPS) is 18.9. The molecule has 1 atom stereocenters. The Morgan fingerprint density at radius 3 is 2.85 bits per heavy atom. The third-order valence-corrected chi connectivity index (χ3v) is 4.36. The van der Waals surface area contributed by atoms with E-state index in [4.69, 9.17) is 0 Å². The van der Waals surface area contributed by atoms with Crippen molar-refractivity contribution in [3.8, 4) is 0 Å². The molecule has 1 saturated heterocycles. The van der Waals surface area contributed by atoms with E-state index in [2.05, 4.69) is 25.6 Å². The quantitative estimate of drug-likeness (QED) is 0.546. The van der Waals surface area contributed by atoms with Crippen LogP contribution < -0.4 is 15.5 Å². The van der Waals surface area contributed by atoms with Crippen molar-refractivity contribution < 1.29 is 13.2 Å². The monoisotopic (exact) mass is 389 g/mol. The first kappa shape index (κ1) is 21.3. The molecular formula is C17H30F3N7. The molecule has 154 valence electrons. The summed E-state index contributed by atoms with van der Waals surface area (Å²) in [4.78, 5) is 7.95. The molecule has 0 saturated carbocycles. The van der Waals surface area contributed by atoms with Gasteiger partial charge in [-0.3, -0.25) is 14.6 Å². The van der Waals surface area contributed by atoms with Crippen LogP contribution in [0.5, 0.6) is 0 Å².